The summed E-state index contributed by atoms with van der Waals surface area (Å²) in [4.78, 5) is 11.2. The van der Waals surface area contributed by atoms with Gasteiger partial charge in [-0.25, -0.2) is 4.79 Å². The molecule has 34 heavy (non-hydrogen) atoms. The highest BCUT2D eigenvalue weighted by molar-refractivity contribution is 5.65. The van der Waals surface area contributed by atoms with Gasteiger partial charge in [-0.3, -0.25) is 0 Å². The second-order valence-electron chi connectivity index (χ2n) is 8.78. The van der Waals surface area contributed by atoms with Gasteiger partial charge in [0.15, 0.2) is 0 Å². The summed E-state index contributed by atoms with van der Waals surface area (Å²) in [6.07, 6.45) is -1.61. The molecule has 0 heterocycles. The number of aliphatic hydroxyl groups is 1. The predicted molar refractivity (Wildman–Crippen MR) is 134 cm³/mol. The van der Waals surface area contributed by atoms with Crippen LogP contribution in [0, 0.1) is 0 Å². The van der Waals surface area contributed by atoms with Crippen molar-refractivity contribution in [1.82, 2.24) is 10.6 Å². The third kappa shape index (κ3) is 8.21. The van der Waals surface area contributed by atoms with Crippen LogP contribution in [0.15, 0.2) is 78.9 Å². The molecule has 180 valence electrons. The van der Waals surface area contributed by atoms with Crippen molar-refractivity contribution in [3.05, 3.63) is 101 Å². The predicted octanol–water partition coefficient (Wildman–Crippen LogP) is 4.72. The molecule has 3 rings (SSSR count). The first kappa shape index (κ1) is 25.3. The number of benzene rings is 3. The first-order chi connectivity index (χ1) is 16.4. The van der Waals surface area contributed by atoms with E-state index in [0.717, 1.165) is 22.4 Å². The van der Waals surface area contributed by atoms with Crippen molar-refractivity contribution in [3.8, 4) is 5.75 Å². The van der Waals surface area contributed by atoms with Crippen molar-refractivity contribution in [2.45, 2.75) is 51.5 Å². The Hall–Kier alpha value is -3.35. The van der Waals surface area contributed by atoms with Crippen molar-refractivity contribution in [3.63, 3.8) is 0 Å². The van der Waals surface area contributed by atoms with E-state index in [0.29, 0.717) is 25.5 Å². The molecule has 0 aliphatic rings. The number of rotatable bonds is 12. The molecule has 0 spiro atoms. The lowest BCUT2D eigenvalue weighted by atomic mass is 9.99. The van der Waals surface area contributed by atoms with Gasteiger partial charge in [0.05, 0.1) is 12.1 Å². The summed E-state index contributed by atoms with van der Waals surface area (Å²) in [7, 11) is 0. The Bertz CT molecular complexity index is 1030. The average molecular weight is 463 g/mol. The maximum Gasteiger partial charge on any atom is 0.404 e. The molecule has 2 atom stereocenters. The molecule has 1 amide bonds. The highest BCUT2D eigenvalue weighted by atomic mass is 16.5. The number of hydrogen-bond acceptors (Lipinski definition) is 4. The van der Waals surface area contributed by atoms with Crippen molar-refractivity contribution in [1.29, 1.82) is 0 Å². The number of carboxylic acid groups (broad SMARTS) is 1. The summed E-state index contributed by atoms with van der Waals surface area (Å²) in [5, 5.41) is 25.6. The SMILES string of the molecule is CC(C)c1cc(CNC[C@@H](O)[C@H](Cc2ccccc2)NC(=O)O)cc(OCc2ccccc2)c1. The highest BCUT2D eigenvalue weighted by Crippen LogP contribution is 2.24. The first-order valence-corrected chi connectivity index (χ1v) is 11.6. The van der Waals surface area contributed by atoms with Gasteiger partial charge in [0.1, 0.15) is 12.4 Å². The molecule has 0 fully saturated rings. The van der Waals surface area contributed by atoms with Crippen LogP contribution in [-0.2, 0) is 19.6 Å². The molecule has 3 aromatic rings. The topological polar surface area (TPSA) is 90.8 Å². The molecule has 0 saturated carbocycles. The molecule has 0 saturated heterocycles. The Balaban J connectivity index is 1.61. The van der Waals surface area contributed by atoms with Crippen LogP contribution < -0.4 is 15.4 Å². The minimum atomic E-state index is -1.15. The van der Waals surface area contributed by atoms with E-state index < -0.39 is 18.2 Å². The fourth-order valence-corrected chi connectivity index (χ4v) is 3.76. The van der Waals surface area contributed by atoms with E-state index in [9.17, 15) is 15.0 Å². The average Bonchev–Trinajstić information content (AvgIpc) is 2.83. The molecular formula is C28H34N2O4. The van der Waals surface area contributed by atoms with Gasteiger partial charge in [0, 0.05) is 13.1 Å². The lowest BCUT2D eigenvalue weighted by Crippen LogP contribution is -2.48. The molecule has 0 aliphatic heterocycles. The lowest BCUT2D eigenvalue weighted by Gasteiger charge is -2.23. The van der Waals surface area contributed by atoms with Gasteiger partial charge >= 0.3 is 6.09 Å². The lowest BCUT2D eigenvalue weighted by molar-refractivity contribution is 0.117. The number of hydrogen-bond donors (Lipinski definition) is 4. The number of carbonyl (C=O) groups is 1. The van der Waals surface area contributed by atoms with Gasteiger partial charge in [-0.15, -0.1) is 0 Å². The Kier molecular flexibility index (Phi) is 9.50. The normalized spacial score (nSPS) is 12.8. The van der Waals surface area contributed by atoms with E-state index in [-0.39, 0.29) is 6.54 Å². The zero-order valence-electron chi connectivity index (χ0n) is 19.8. The summed E-state index contributed by atoms with van der Waals surface area (Å²) in [6.45, 7) is 5.57. The summed E-state index contributed by atoms with van der Waals surface area (Å²) >= 11 is 0. The largest absolute Gasteiger partial charge is 0.489 e. The zero-order valence-corrected chi connectivity index (χ0v) is 19.8. The van der Waals surface area contributed by atoms with Gasteiger partial charge in [0.25, 0.3) is 0 Å². The molecule has 6 nitrogen and oxygen atoms in total. The van der Waals surface area contributed by atoms with Gasteiger partial charge in [-0.05, 0) is 46.7 Å². The zero-order chi connectivity index (χ0) is 24.3. The monoisotopic (exact) mass is 462 g/mol. The smallest absolute Gasteiger partial charge is 0.404 e. The number of nitrogens with one attached hydrogen (secondary N) is 2. The van der Waals surface area contributed by atoms with E-state index in [4.69, 9.17) is 4.74 Å². The van der Waals surface area contributed by atoms with E-state index in [2.05, 4.69) is 36.6 Å². The second kappa shape index (κ2) is 12.8. The van der Waals surface area contributed by atoms with Crippen molar-refractivity contribution in [2.24, 2.45) is 0 Å². The van der Waals surface area contributed by atoms with Crippen LogP contribution in [0.4, 0.5) is 4.79 Å². The minimum absolute atomic E-state index is 0.254. The number of aliphatic hydroxyl groups excluding tert-OH is 1. The third-order valence-electron chi connectivity index (χ3n) is 5.66. The van der Waals surface area contributed by atoms with Crippen LogP contribution >= 0.6 is 0 Å². The van der Waals surface area contributed by atoms with Crippen LogP contribution in [0.1, 0.15) is 42.0 Å². The van der Waals surface area contributed by atoms with E-state index >= 15 is 0 Å². The Morgan fingerprint density at radius 2 is 1.56 bits per heavy atom. The van der Waals surface area contributed by atoms with Gasteiger partial charge < -0.3 is 25.6 Å². The molecular weight excluding hydrogens is 428 g/mol. The van der Waals surface area contributed by atoms with Crippen molar-refractivity contribution < 1.29 is 19.7 Å². The fourth-order valence-electron chi connectivity index (χ4n) is 3.76. The van der Waals surface area contributed by atoms with Crippen LogP contribution in [0.2, 0.25) is 0 Å². The van der Waals surface area contributed by atoms with Crippen molar-refractivity contribution in [2.75, 3.05) is 6.54 Å². The maximum atomic E-state index is 11.2. The van der Waals surface area contributed by atoms with Crippen LogP contribution in [0.25, 0.3) is 0 Å². The highest BCUT2D eigenvalue weighted by Gasteiger charge is 2.21. The molecule has 3 aromatic carbocycles. The third-order valence-corrected chi connectivity index (χ3v) is 5.66. The Morgan fingerprint density at radius 3 is 2.18 bits per heavy atom. The molecule has 6 heteroatoms. The molecule has 0 aromatic heterocycles. The van der Waals surface area contributed by atoms with Crippen LogP contribution in [0.5, 0.6) is 5.75 Å². The van der Waals surface area contributed by atoms with Crippen LogP contribution in [0.3, 0.4) is 0 Å². The molecule has 4 N–H and O–H groups in total. The van der Waals surface area contributed by atoms with Gasteiger partial charge in [-0.2, -0.15) is 0 Å². The summed E-state index contributed by atoms with van der Waals surface area (Å²) < 4.78 is 6.05. The van der Waals surface area contributed by atoms with Gasteiger partial charge in [0.2, 0.25) is 0 Å². The number of ether oxygens (including phenoxy) is 1. The van der Waals surface area contributed by atoms with E-state index in [1.165, 1.54) is 5.56 Å². The summed E-state index contributed by atoms with van der Waals surface area (Å²) in [5.41, 5.74) is 4.30. The molecule has 0 bridgehead atoms. The molecule has 0 radical (unpaired) electrons. The van der Waals surface area contributed by atoms with E-state index in [1.807, 2.05) is 66.7 Å². The number of amides is 1. The fraction of sp³-hybridized carbons (Fsp3) is 0.321. The Morgan fingerprint density at radius 1 is 0.912 bits per heavy atom. The standard InChI is InChI=1S/C28H34N2O4/c1-20(2)24-13-23(14-25(16-24)34-19-22-11-7-4-8-12-22)17-29-18-27(31)26(30-28(32)33)15-21-9-5-3-6-10-21/h3-14,16,20,26-27,29-31H,15,17-19H2,1-2H3,(H,32,33)/t26-,27+/m0/s1. The summed E-state index contributed by atoms with van der Waals surface area (Å²) in [5.74, 6) is 1.15. The van der Waals surface area contributed by atoms with Gasteiger partial charge in [-0.1, -0.05) is 80.6 Å². The van der Waals surface area contributed by atoms with E-state index in [1.54, 1.807) is 0 Å². The molecule has 0 unspecified atom stereocenters. The summed E-state index contributed by atoms with van der Waals surface area (Å²) in [6, 6.07) is 25.2. The Labute approximate surface area is 201 Å². The van der Waals surface area contributed by atoms with Crippen molar-refractivity contribution >= 4 is 6.09 Å². The van der Waals surface area contributed by atoms with Crippen LogP contribution in [-0.4, -0.2) is 35.0 Å². The molecule has 0 aliphatic carbocycles. The maximum absolute atomic E-state index is 11.2. The first-order valence-electron chi connectivity index (χ1n) is 11.6. The second-order valence-corrected chi connectivity index (χ2v) is 8.78. The minimum Gasteiger partial charge on any atom is -0.489 e. The quantitative estimate of drug-likeness (QED) is 0.313.